The average Bonchev–Trinajstić information content (AvgIpc) is 3.38. The molecule has 0 unspecified atom stereocenters. The van der Waals surface area contributed by atoms with Crippen molar-refractivity contribution in [1.29, 1.82) is 0 Å². The average molecular weight is 527 g/mol. The van der Waals surface area contributed by atoms with Gasteiger partial charge in [-0.15, -0.1) is 0 Å². The van der Waals surface area contributed by atoms with Gasteiger partial charge in [-0.3, -0.25) is 9.59 Å². The molecule has 0 aliphatic carbocycles. The van der Waals surface area contributed by atoms with E-state index in [1.54, 1.807) is 39.8 Å². The van der Waals surface area contributed by atoms with Crippen molar-refractivity contribution in [2.75, 3.05) is 31.1 Å². The molecule has 4 amide bonds. The number of benzene rings is 2. The molecule has 1 saturated heterocycles. The van der Waals surface area contributed by atoms with Crippen molar-refractivity contribution in [2.24, 2.45) is 0 Å². The number of rotatable bonds is 6. The molecule has 2 aliphatic rings. The fourth-order valence-electron chi connectivity index (χ4n) is 4.84. The fourth-order valence-corrected chi connectivity index (χ4v) is 5.09. The smallest absolute Gasteiger partial charge is 0.318 e. The maximum absolute atomic E-state index is 13.7. The zero-order valence-electron chi connectivity index (χ0n) is 21.7. The summed E-state index contributed by atoms with van der Waals surface area (Å²) >= 11 is 6.51. The number of nitrogens with zero attached hydrogens (tertiary/aromatic N) is 3. The summed E-state index contributed by atoms with van der Waals surface area (Å²) in [6.07, 6.45) is 2.86. The Labute approximate surface area is 223 Å². The Morgan fingerprint density at radius 1 is 1.14 bits per heavy atom. The molecule has 2 heterocycles. The molecule has 0 aromatic heterocycles. The van der Waals surface area contributed by atoms with Crippen molar-refractivity contribution in [3.63, 3.8) is 0 Å². The first kappa shape index (κ1) is 26.8. The van der Waals surface area contributed by atoms with Gasteiger partial charge in [0.1, 0.15) is 11.8 Å². The lowest BCUT2D eigenvalue weighted by molar-refractivity contribution is -0.131. The van der Waals surface area contributed by atoms with Crippen LogP contribution in [0, 0.1) is 0 Å². The number of anilines is 1. The minimum Gasteiger partial charge on any atom is -0.494 e. The van der Waals surface area contributed by atoms with E-state index in [2.05, 4.69) is 5.32 Å². The number of hydrogen-bond donors (Lipinski definition) is 1. The Morgan fingerprint density at radius 2 is 1.86 bits per heavy atom. The molecule has 2 aromatic rings. The highest BCUT2D eigenvalue weighted by molar-refractivity contribution is 6.34. The first-order valence-corrected chi connectivity index (χ1v) is 13.4. The van der Waals surface area contributed by atoms with E-state index < -0.39 is 6.04 Å². The third kappa shape index (κ3) is 6.01. The Bertz CT molecular complexity index is 1150. The van der Waals surface area contributed by atoms with Crippen molar-refractivity contribution < 1.29 is 19.1 Å². The van der Waals surface area contributed by atoms with E-state index in [-0.39, 0.29) is 30.4 Å². The summed E-state index contributed by atoms with van der Waals surface area (Å²) in [5.74, 6) is 0.311. The normalized spacial score (nSPS) is 18.2. The van der Waals surface area contributed by atoms with Gasteiger partial charge in [-0.2, -0.15) is 0 Å². The number of para-hydroxylation sites is 1. The molecular weight excluding hydrogens is 492 g/mol. The molecule has 0 radical (unpaired) electrons. The van der Waals surface area contributed by atoms with Crippen molar-refractivity contribution in [3.8, 4) is 5.75 Å². The number of carbonyl (C=O) groups is 3. The SMILES string of the molecule is CCCOc1ccc(C(=O)N2C[C@H](C)N(C(=O)N[C@H](C)C(=O)N3CCCC3)Cc3ccccc32)c(Cl)c1. The Morgan fingerprint density at radius 3 is 2.57 bits per heavy atom. The van der Waals surface area contributed by atoms with Gasteiger partial charge < -0.3 is 24.8 Å². The van der Waals surface area contributed by atoms with Gasteiger partial charge in [0.05, 0.1) is 17.2 Å². The number of ether oxygens (including phenoxy) is 1. The molecule has 4 rings (SSSR count). The first-order chi connectivity index (χ1) is 17.8. The van der Waals surface area contributed by atoms with E-state index in [4.69, 9.17) is 16.3 Å². The number of urea groups is 1. The van der Waals surface area contributed by atoms with Crippen molar-refractivity contribution in [3.05, 3.63) is 58.6 Å². The first-order valence-electron chi connectivity index (χ1n) is 13.0. The maximum atomic E-state index is 13.7. The summed E-state index contributed by atoms with van der Waals surface area (Å²) < 4.78 is 5.64. The van der Waals surface area contributed by atoms with E-state index >= 15 is 0 Å². The van der Waals surface area contributed by atoms with Crippen LogP contribution in [-0.4, -0.2) is 66.0 Å². The zero-order valence-corrected chi connectivity index (χ0v) is 22.5. The van der Waals surface area contributed by atoms with Crippen molar-refractivity contribution in [2.45, 2.75) is 58.7 Å². The summed E-state index contributed by atoms with van der Waals surface area (Å²) in [5, 5.41) is 3.20. The van der Waals surface area contributed by atoms with E-state index in [1.165, 1.54) is 0 Å². The molecular formula is C28H35ClN4O4. The molecule has 0 spiro atoms. The topological polar surface area (TPSA) is 82.2 Å². The van der Waals surface area contributed by atoms with Crippen molar-refractivity contribution in [1.82, 2.24) is 15.1 Å². The van der Waals surface area contributed by atoms with Crippen LogP contribution in [0.5, 0.6) is 5.75 Å². The number of hydrogen-bond acceptors (Lipinski definition) is 4. The standard InChI is InChI=1S/C28H35ClN4O4/c1-4-15-37-22-11-12-23(24(29)16-22)27(35)33-17-19(2)32(18-21-9-5-6-10-25(21)33)28(36)30-20(3)26(34)31-13-7-8-14-31/h5-6,9-12,16,19-20H,4,7-8,13-15,17-18H2,1-3H3,(H,30,36)/t19-,20+/m0/s1. The van der Waals surface area contributed by atoms with Crippen LogP contribution in [0.1, 0.15) is 56.0 Å². The molecule has 1 N–H and O–H groups in total. The lowest BCUT2D eigenvalue weighted by atomic mass is 10.1. The molecule has 9 heteroatoms. The van der Waals surface area contributed by atoms with Gasteiger partial charge in [0.15, 0.2) is 0 Å². The molecule has 8 nitrogen and oxygen atoms in total. The fraction of sp³-hybridized carbons (Fsp3) is 0.464. The van der Waals surface area contributed by atoms with E-state index in [0.29, 0.717) is 29.5 Å². The number of carbonyl (C=O) groups excluding carboxylic acids is 3. The van der Waals surface area contributed by atoms with Gasteiger partial charge in [-0.05, 0) is 62.9 Å². The Balaban J connectivity index is 1.54. The second kappa shape index (κ2) is 11.9. The second-order valence-corrected chi connectivity index (χ2v) is 10.1. The van der Waals surface area contributed by atoms with Crippen LogP contribution in [0.15, 0.2) is 42.5 Å². The maximum Gasteiger partial charge on any atom is 0.318 e. The van der Waals surface area contributed by atoms with E-state index in [1.807, 2.05) is 38.1 Å². The largest absolute Gasteiger partial charge is 0.494 e. The number of likely N-dealkylation sites (tertiary alicyclic amines) is 1. The molecule has 2 aliphatic heterocycles. The lowest BCUT2D eigenvalue weighted by Crippen LogP contribution is -2.53. The number of halogens is 1. The summed E-state index contributed by atoms with van der Waals surface area (Å²) in [5.41, 5.74) is 1.95. The Kier molecular flexibility index (Phi) is 8.59. The lowest BCUT2D eigenvalue weighted by Gasteiger charge is -2.31. The van der Waals surface area contributed by atoms with Crippen LogP contribution in [0.25, 0.3) is 0 Å². The van der Waals surface area contributed by atoms with Gasteiger partial charge in [0, 0.05) is 37.9 Å². The van der Waals surface area contributed by atoms with Crippen LogP contribution < -0.4 is 15.0 Å². The molecule has 1 fully saturated rings. The minimum atomic E-state index is -0.624. The number of nitrogens with one attached hydrogen (secondary N) is 1. The van der Waals surface area contributed by atoms with Gasteiger partial charge >= 0.3 is 6.03 Å². The van der Waals surface area contributed by atoms with Gasteiger partial charge in [-0.1, -0.05) is 36.7 Å². The predicted octanol–water partition coefficient (Wildman–Crippen LogP) is 4.70. The molecule has 0 saturated carbocycles. The highest BCUT2D eigenvalue weighted by atomic mass is 35.5. The molecule has 0 bridgehead atoms. The summed E-state index contributed by atoms with van der Waals surface area (Å²) in [6, 6.07) is 11.4. The third-order valence-electron chi connectivity index (χ3n) is 6.88. The molecule has 198 valence electrons. The van der Waals surface area contributed by atoms with Crippen LogP contribution in [0.4, 0.5) is 10.5 Å². The monoisotopic (exact) mass is 526 g/mol. The second-order valence-electron chi connectivity index (χ2n) is 9.72. The number of amides is 4. The molecule has 37 heavy (non-hydrogen) atoms. The highest BCUT2D eigenvalue weighted by Crippen LogP contribution is 2.31. The van der Waals surface area contributed by atoms with Gasteiger partial charge in [-0.25, -0.2) is 4.79 Å². The van der Waals surface area contributed by atoms with Crippen molar-refractivity contribution >= 4 is 35.1 Å². The van der Waals surface area contributed by atoms with Gasteiger partial charge in [0.25, 0.3) is 5.91 Å². The van der Waals surface area contributed by atoms with Crippen LogP contribution in [0.3, 0.4) is 0 Å². The predicted molar refractivity (Wildman–Crippen MR) is 144 cm³/mol. The Hall–Kier alpha value is -3.26. The molecule has 2 aromatic carbocycles. The summed E-state index contributed by atoms with van der Waals surface area (Å²) in [6.45, 7) is 8.28. The van der Waals surface area contributed by atoms with E-state index in [9.17, 15) is 14.4 Å². The third-order valence-corrected chi connectivity index (χ3v) is 7.19. The van der Waals surface area contributed by atoms with Crippen LogP contribution in [-0.2, 0) is 11.3 Å². The quantitative estimate of drug-likeness (QED) is 0.591. The summed E-state index contributed by atoms with van der Waals surface area (Å²) in [4.78, 5) is 45.0. The number of fused-ring (bicyclic) bond motifs is 1. The minimum absolute atomic E-state index is 0.0634. The van der Waals surface area contributed by atoms with Crippen LogP contribution in [0.2, 0.25) is 5.02 Å². The summed E-state index contributed by atoms with van der Waals surface area (Å²) in [7, 11) is 0. The van der Waals surface area contributed by atoms with Gasteiger partial charge in [0.2, 0.25) is 5.91 Å². The zero-order chi connectivity index (χ0) is 26.5. The highest BCUT2D eigenvalue weighted by Gasteiger charge is 2.33. The van der Waals surface area contributed by atoms with E-state index in [0.717, 1.165) is 43.6 Å². The molecule has 2 atom stereocenters. The van der Waals surface area contributed by atoms with Crippen LogP contribution >= 0.6 is 11.6 Å².